The van der Waals surface area contributed by atoms with Gasteiger partial charge in [0, 0.05) is 46.7 Å². The summed E-state index contributed by atoms with van der Waals surface area (Å²) in [6, 6.07) is 16.8. The molecule has 0 radical (unpaired) electrons. The van der Waals surface area contributed by atoms with Gasteiger partial charge in [-0.3, -0.25) is 9.98 Å². The van der Waals surface area contributed by atoms with Crippen LogP contribution in [0.5, 0.6) is 0 Å². The molecule has 3 heteroatoms. The average Bonchev–Trinajstić information content (AvgIpc) is 3.41. The predicted molar refractivity (Wildman–Crippen MR) is 330 cm³/mol. The van der Waals surface area contributed by atoms with Gasteiger partial charge in [-0.25, -0.2) is 0 Å². The topological polar surface area (TPSA) is 24.7 Å². The van der Waals surface area contributed by atoms with E-state index in [1.807, 2.05) is 6.21 Å². The summed E-state index contributed by atoms with van der Waals surface area (Å²) in [4.78, 5) is 9.85. The molecule has 0 saturated heterocycles. The van der Waals surface area contributed by atoms with Crippen molar-refractivity contribution >= 4 is 23.3 Å². The van der Waals surface area contributed by atoms with E-state index in [2.05, 4.69) is 93.0 Å². The van der Waals surface area contributed by atoms with Crippen molar-refractivity contribution in [3.63, 3.8) is 0 Å². The molecule has 0 heterocycles. The molecular formula is C71H118N2Ni. The maximum atomic E-state index is 5.02. The molecule has 2 aromatic rings. The molecule has 0 aliphatic rings. The molecule has 0 aliphatic heterocycles. The first kappa shape index (κ1) is 69.4. The van der Waals surface area contributed by atoms with E-state index < -0.39 is 0 Å². The fourth-order valence-electron chi connectivity index (χ4n) is 10.2. The van der Waals surface area contributed by atoms with Gasteiger partial charge < -0.3 is 0 Å². The van der Waals surface area contributed by atoms with Gasteiger partial charge in [0.05, 0.1) is 17.1 Å². The first-order valence-corrected chi connectivity index (χ1v) is 32.5. The number of unbranched alkanes of at least 4 members (excludes halogenated alkanes) is 46. The van der Waals surface area contributed by atoms with Crippen LogP contribution < -0.4 is 0 Å². The number of nitrogens with zero attached hydrogens (tertiary/aromatic N) is 2. The summed E-state index contributed by atoms with van der Waals surface area (Å²) in [5, 5.41) is 0. The zero-order valence-corrected chi connectivity index (χ0v) is 50.2. The molecule has 2 nitrogen and oxygen atoms in total. The third-order valence-electron chi connectivity index (χ3n) is 15.2. The Hall–Kier alpha value is -2.61. The standard InChI is InChI=1S/C71H118N2.Ni/c1-4-7-10-12-14-16-18-20-22-24-26-28-30-32-34-36-38-40-42-44-46-48-50-53-55-67-58-62-69(63-59-67)72-66-71(57-52-9-6-3)73-70-64-60-68(61-65-70)56-54-51-49-47-45-43-41-39-37-35-33-31-29-27-25-23-21-19-17-15-13-11-8-5-2;/h58-66H,4-52,57H2,1-3H3;. The van der Waals surface area contributed by atoms with Crippen molar-refractivity contribution < 1.29 is 16.5 Å². The van der Waals surface area contributed by atoms with Crippen molar-refractivity contribution in [3.8, 4) is 23.7 Å². The van der Waals surface area contributed by atoms with E-state index in [-0.39, 0.29) is 16.5 Å². The Morgan fingerprint density at radius 2 is 0.554 bits per heavy atom. The summed E-state index contributed by atoms with van der Waals surface area (Å²) < 4.78 is 0. The van der Waals surface area contributed by atoms with E-state index in [1.165, 1.54) is 295 Å². The first-order chi connectivity index (χ1) is 36.2. The van der Waals surface area contributed by atoms with Crippen molar-refractivity contribution in [2.45, 2.75) is 342 Å². The third kappa shape index (κ3) is 46.7. The van der Waals surface area contributed by atoms with Crippen LogP contribution in [0.15, 0.2) is 58.5 Å². The molecule has 2 rings (SSSR count). The second-order valence-electron chi connectivity index (χ2n) is 22.4. The van der Waals surface area contributed by atoms with E-state index in [0.29, 0.717) is 0 Å². The summed E-state index contributed by atoms with van der Waals surface area (Å²) in [6.07, 6.45) is 71.1. The van der Waals surface area contributed by atoms with Crippen LogP contribution in [-0.2, 0) is 16.5 Å². The Bertz CT molecular complexity index is 1650. The van der Waals surface area contributed by atoms with Crippen molar-refractivity contribution in [3.05, 3.63) is 59.7 Å². The summed E-state index contributed by atoms with van der Waals surface area (Å²) >= 11 is 0. The first-order valence-electron chi connectivity index (χ1n) is 32.5. The van der Waals surface area contributed by atoms with E-state index >= 15 is 0 Å². The van der Waals surface area contributed by atoms with Crippen LogP contribution in [-0.4, -0.2) is 11.9 Å². The summed E-state index contributed by atoms with van der Waals surface area (Å²) in [7, 11) is 0. The van der Waals surface area contributed by atoms with Crippen LogP contribution in [0.2, 0.25) is 0 Å². The number of hydrogen-bond donors (Lipinski definition) is 0. The summed E-state index contributed by atoms with van der Waals surface area (Å²) in [5.41, 5.74) is 5.10. The zero-order valence-electron chi connectivity index (χ0n) is 49.3. The predicted octanol–water partition coefficient (Wildman–Crippen LogP) is 24.4. The molecule has 0 aliphatic carbocycles. The van der Waals surface area contributed by atoms with Gasteiger partial charge in [0.2, 0.25) is 0 Å². The number of benzene rings is 2. The minimum absolute atomic E-state index is 0. The molecule has 0 saturated carbocycles. The van der Waals surface area contributed by atoms with Crippen LogP contribution in [0.1, 0.15) is 353 Å². The molecule has 0 bridgehead atoms. The second-order valence-corrected chi connectivity index (χ2v) is 22.4. The molecular weight excluding hydrogens is 939 g/mol. The Morgan fingerprint density at radius 1 is 0.311 bits per heavy atom. The monoisotopic (exact) mass is 1060 g/mol. The molecule has 0 amide bonds. The molecule has 74 heavy (non-hydrogen) atoms. The van der Waals surface area contributed by atoms with Crippen LogP contribution in [0.25, 0.3) is 0 Å². The molecule has 0 unspecified atom stereocenters. The van der Waals surface area contributed by atoms with Gasteiger partial charge in [0.15, 0.2) is 0 Å². The summed E-state index contributed by atoms with van der Waals surface area (Å²) in [5.74, 6) is 13.6. The average molecular weight is 1060 g/mol. The van der Waals surface area contributed by atoms with Crippen LogP contribution in [0, 0.1) is 23.7 Å². The number of hydrogen-bond acceptors (Lipinski definition) is 2. The van der Waals surface area contributed by atoms with Gasteiger partial charge >= 0.3 is 0 Å². The van der Waals surface area contributed by atoms with Crippen LogP contribution >= 0.6 is 0 Å². The van der Waals surface area contributed by atoms with Gasteiger partial charge in [-0.15, -0.1) is 0 Å². The van der Waals surface area contributed by atoms with Gasteiger partial charge in [0.1, 0.15) is 0 Å². The van der Waals surface area contributed by atoms with Crippen LogP contribution in [0.3, 0.4) is 0 Å². The number of rotatable bonds is 51. The fraction of sp³-hybridized carbons (Fsp3) is 0.746. The SMILES string of the molecule is CCCCCCCCCCCCCCCCCCCCCCCCC#Cc1ccc(N=CC(CCCCC)=Nc2ccc(C#CCCCCCCCCCCCCCCCCCCCCCCCC)cc2)cc1.[Ni]. The molecule has 0 N–H and O–H groups in total. The second kappa shape index (κ2) is 56.6. The third-order valence-corrected chi connectivity index (χ3v) is 15.2. The Labute approximate surface area is 472 Å². The van der Waals surface area contributed by atoms with Crippen molar-refractivity contribution in [1.29, 1.82) is 0 Å². The van der Waals surface area contributed by atoms with Crippen molar-refractivity contribution in [2.24, 2.45) is 9.98 Å². The van der Waals surface area contributed by atoms with Crippen molar-refractivity contribution in [1.82, 2.24) is 0 Å². The van der Waals surface area contributed by atoms with E-state index in [9.17, 15) is 0 Å². The van der Waals surface area contributed by atoms with E-state index in [4.69, 9.17) is 9.98 Å². The van der Waals surface area contributed by atoms with Gasteiger partial charge in [-0.2, -0.15) is 0 Å². The Balaban J connectivity index is 0.0000274. The molecule has 2 aromatic carbocycles. The Kier molecular flexibility index (Phi) is 53.1. The molecule has 0 aromatic heterocycles. The van der Waals surface area contributed by atoms with Crippen LogP contribution in [0.4, 0.5) is 11.4 Å². The van der Waals surface area contributed by atoms with E-state index in [0.717, 1.165) is 53.9 Å². The largest absolute Gasteiger partial charge is 0.255 e. The summed E-state index contributed by atoms with van der Waals surface area (Å²) in [6.45, 7) is 6.86. The molecule has 422 valence electrons. The maximum Gasteiger partial charge on any atom is 0.0634 e. The molecule has 0 spiro atoms. The molecule has 0 atom stereocenters. The van der Waals surface area contributed by atoms with Gasteiger partial charge in [-0.05, 0) is 74.2 Å². The minimum atomic E-state index is 0. The van der Waals surface area contributed by atoms with Crippen molar-refractivity contribution in [2.75, 3.05) is 0 Å². The maximum absolute atomic E-state index is 5.02. The quantitative estimate of drug-likeness (QED) is 0.0273. The van der Waals surface area contributed by atoms with E-state index in [1.54, 1.807) is 0 Å². The number of aliphatic imine (C=N–C) groups is 2. The van der Waals surface area contributed by atoms with Gasteiger partial charge in [-0.1, -0.05) is 327 Å². The minimum Gasteiger partial charge on any atom is -0.255 e. The zero-order chi connectivity index (χ0) is 51.8. The van der Waals surface area contributed by atoms with Gasteiger partial charge in [0.25, 0.3) is 0 Å². The normalized spacial score (nSPS) is 11.4. The molecule has 0 fully saturated rings. The Morgan fingerprint density at radius 3 is 0.838 bits per heavy atom. The fourth-order valence-corrected chi connectivity index (χ4v) is 10.2. The smallest absolute Gasteiger partial charge is 0.0634 e.